The van der Waals surface area contributed by atoms with E-state index in [1.165, 1.54) is 6.20 Å². The molecule has 2 heterocycles. The number of halogens is 1. The maximum absolute atomic E-state index is 8.83. The maximum Gasteiger partial charge on any atom is 0.237 e. The Labute approximate surface area is 97.1 Å². The van der Waals surface area contributed by atoms with Crippen molar-refractivity contribution in [3.8, 4) is 17.7 Å². The monoisotopic (exact) mass is 231 g/mol. The van der Waals surface area contributed by atoms with E-state index in [1.807, 2.05) is 6.07 Å². The molecule has 0 bridgehead atoms. The molecule has 0 aliphatic heterocycles. The third-order valence-electron chi connectivity index (χ3n) is 1.81. The Balaban J connectivity index is 2.27. The van der Waals surface area contributed by atoms with Crippen molar-refractivity contribution in [3.63, 3.8) is 0 Å². The SMILES string of the molecule is N#Cc1cccnc1Oc1ccc(Cl)nc1. The van der Waals surface area contributed by atoms with E-state index >= 15 is 0 Å². The molecule has 0 fully saturated rings. The fourth-order valence-corrected chi connectivity index (χ4v) is 1.20. The van der Waals surface area contributed by atoms with E-state index < -0.39 is 0 Å². The van der Waals surface area contributed by atoms with E-state index in [-0.39, 0.29) is 5.88 Å². The van der Waals surface area contributed by atoms with Gasteiger partial charge >= 0.3 is 0 Å². The van der Waals surface area contributed by atoms with Gasteiger partial charge < -0.3 is 4.74 Å². The second kappa shape index (κ2) is 4.60. The highest BCUT2D eigenvalue weighted by molar-refractivity contribution is 6.29. The van der Waals surface area contributed by atoms with Gasteiger partial charge in [0.25, 0.3) is 0 Å². The lowest BCUT2D eigenvalue weighted by atomic mass is 10.3. The lowest BCUT2D eigenvalue weighted by Gasteiger charge is -2.04. The molecule has 0 amide bonds. The van der Waals surface area contributed by atoms with Crippen LogP contribution in [-0.2, 0) is 0 Å². The average molecular weight is 232 g/mol. The molecule has 0 aliphatic rings. The lowest BCUT2D eigenvalue weighted by Crippen LogP contribution is -1.91. The van der Waals surface area contributed by atoms with Crippen molar-refractivity contribution in [1.82, 2.24) is 9.97 Å². The summed E-state index contributed by atoms with van der Waals surface area (Å²) in [7, 11) is 0. The minimum absolute atomic E-state index is 0.258. The van der Waals surface area contributed by atoms with Crippen LogP contribution in [0.1, 0.15) is 5.56 Å². The molecule has 2 aromatic rings. The first kappa shape index (κ1) is 10.4. The first-order valence-electron chi connectivity index (χ1n) is 4.44. The highest BCUT2D eigenvalue weighted by Gasteiger charge is 2.05. The smallest absolute Gasteiger partial charge is 0.237 e. The second-order valence-electron chi connectivity index (χ2n) is 2.89. The van der Waals surface area contributed by atoms with Crippen molar-refractivity contribution in [2.24, 2.45) is 0 Å². The number of nitriles is 1. The average Bonchev–Trinajstić information content (AvgIpc) is 2.33. The number of aromatic nitrogens is 2. The van der Waals surface area contributed by atoms with Gasteiger partial charge in [0, 0.05) is 6.20 Å². The Morgan fingerprint density at radius 3 is 2.81 bits per heavy atom. The number of pyridine rings is 2. The standard InChI is InChI=1S/C11H6ClN3O/c12-10-4-3-9(7-15-10)16-11-8(6-13)2-1-5-14-11/h1-5,7H. The van der Waals surface area contributed by atoms with Gasteiger partial charge in [-0.05, 0) is 24.3 Å². The number of hydrogen-bond acceptors (Lipinski definition) is 4. The lowest BCUT2D eigenvalue weighted by molar-refractivity contribution is 0.459. The molecule has 2 rings (SSSR count). The van der Waals surface area contributed by atoms with Crippen LogP contribution >= 0.6 is 11.6 Å². The largest absolute Gasteiger partial charge is 0.436 e. The molecule has 2 aromatic heterocycles. The molecular weight excluding hydrogens is 226 g/mol. The Morgan fingerprint density at radius 2 is 2.12 bits per heavy atom. The Morgan fingerprint density at radius 1 is 1.25 bits per heavy atom. The molecular formula is C11H6ClN3O. The molecule has 5 heteroatoms. The van der Waals surface area contributed by atoms with Crippen LogP contribution in [0.5, 0.6) is 11.6 Å². The van der Waals surface area contributed by atoms with Gasteiger partial charge in [0.05, 0.1) is 6.20 Å². The first-order chi connectivity index (χ1) is 7.79. The van der Waals surface area contributed by atoms with Crippen molar-refractivity contribution in [2.45, 2.75) is 0 Å². The minimum Gasteiger partial charge on any atom is -0.436 e. The molecule has 0 aliphatic carbocycles. The van der Waals surface area contributed by atoms with E-state index in [2.05, 4.69) is 9.97 Å². The molecule has 0 aromatic carbocycles. The zero-order valence-electron chi connectivity index (χ0n) is 8.09. The maximum atomic E-state index is 8.83. The minimum atomic E-state index is 0.258. The van der Waals surface area contributed by atoms with Gasteiger partial charge in [-0.25, -0.2) is 9.97 Å². The topological polar surface area (TPSA) is 58.8 Å². The van der Waals surface area contributed by atoms with Crippen LogP contribution in [0.3, 0.4) is 0 Å². The van der Waals surface area contributed by atoms with Gasteiger partial charge in [-0.15, -0.1) is 0 Å². The summed E-state index contributed by atoms with van der Waals surface area (Å²) in [5.74, 6) is 0.744. The predicted molar refractivity (Wildman–Crippen MR) is 58.3 cm³/mol. The molecule has 0 saturated carbocycles. The summed E-state index contributed by atoms with van der Waals surface area (Å²) in [4.78, 5) is 7.82. The Hall–Kier alpha value is -2.12. The van der Waals surface area contributed by atoms with Crippen LogP contribution in [0, 0.1) is 11.3 Å². The van der Waals surface area contributed by atoms with Crippen LogP contribution in [0.25, 0.3) is 0 Å². The van der Waals surface area contributed by atoms with Crippen LogP contribution in [0.2, 0.25) is 5.15 Å². The molecule has 0 atom stereocenters. The van der Waals surface area contributed by atoms with Crippen molar-refractivity contribution < 1.29 is 4.74 Å². The molecule has 0 N–H and O–H groups in total. The summed E-state index contributed by atoms with van der Waals surface area (Å²) in [6.45, 7) is 0. The van der Waals surface area contributed by atoms with E-state index in [4.69, 9.17) is 21.6 Å². The van der Waals surface area contributed by atoms with E-state index in [9.17, 15) is 0 Å². The predicted octanol–water partition coefficient (Wildman–Crippen LogP) is 2.79. The number of hydrogen-bond donors (Lipinski definition) is 0. The number of nitrogens with zero attached hydrogens (tertiary/aromatic N) is 3. The summed E-state index contributed by atoms with van der Waals surface area (Å²) in [5, 5.41) is 9.22. The third kappa shape index (κ3) is 2.27. The quantitative estimate of drug-likeness (QED) is 0.746. The zero-order valence-corrected chi connectivity index (χ0v) is 8.85. The highest BCUT2D eigenvalue weighted by atomic mass is 35.5. The van der Waals surface area contributed by atoms with Crippen LogP contribution in [0.4, 0.5) is 0 Å². The molecule has 0 spiro atoms. The van der Waals surface area contributed by atoms with Crippen LogP contribution < -0.4 is 4.74 Å². The molecule has 4 nitrogen and oxygen atoms in total. The Bertz CT molecular complexity index is 534. The molecule has 78 valence electrons. The van der Waals surface area contributed by atoms with Crippen LogP contribution in [-0.4, -0.2) is 9.97 Å². The van der Waals surface area contributed by atoms with E-state index in [1.54, 1.807) is 30.5 Å². The van der Waals surface area contributed by atoms with Crippen molar-refractivity contribution in [2.75, 3.05) is 0 Å². The number of ether oxygens (including phenoxy) is 1. The summed E-state index contributed by atoms with van der Waals surface area (Å²) in [5.41, 5.74) is 0.373. The second-order valence-corrected chi connectivity index (χ2v) is 3.27. The number of rotatable bonds is 2. The molecule has 0 unspecified atom stereocenters. The van der Waals surface area contributed by atoms with Crippen molar-refractivity contribution in [1.29, 1.82) is 5.26 Å². The fourth-order valence-electron chi connectivity index (χ4n) is 1.09. The van der Waals surface area contributed by atoms with Gasteiger partial charge in [-0.1, -0.05) is 11.6 Å². The van der Waals surface area contributed by atoms with Gasteiger partial charge in [-0.3, -0.25) is 0 Å². The van der Waals surface area contributed by atoms with Gasteiger partial charge in [0.1, 0.15) is 22.5 Å². The van der Waals surface area contributed by atoms with Gasteiger partial charge in [0.15, 0.2) is 0 Å². The summed E-state index contributed by atoms with van der Waals surface area (Å²) in [6.07, 6.45) is 3.03. The van der Waals surface area contributed by atoms with Gasteiger partial charge in [0.2, 0.25) is 5.88 Å². The first-order valence-corrected chi connectivity index (χ1v) is 4.82. The summed E-state index contributed by atoms with van der Waals surface area (Å²) in [6, 6.07) is 8.56. The van der Waals surface area contributed by atoms with E-state index in [0.717, 1.165) is 0 Å². The summed E-state index contributed by atoms with van der Waals surface area (Å²) >= 11 is 5.64. The Kier molecular flexibility index (Phi) is 2.99. The molecule has 16 heavy (non-hydrogen) atoms. The van der Waals surface area contributed by atoms with E-state index in [0.29, 0.717) is 16.5 Å². The molecule has 0 radical (unpaired) electrons. The fraction of sp³-hybridized carbons (Fsp3) is 0. The normalized spacial score (nSPS) is 9.50. The van der Waals surface area contributed by atoms with Crippen molar-refractivity contribution in [3.05, 3.63) is 47.4 Å². The summed E-state index contributed by atoms with van der Waals surface area (Å²) < 4.78 is 5.40. The molecule has 0 saturated heterocycles. The third-order valence-corrected chi connectivity index (χ3v) is 2.03. The van der Waals surface area contributed by atoms with Gasteiger partial charge in [-0.2, -0.15) is 5.26 Å². The zero-order chi connectivity index (χ0) is 11.4. The van der Waals surface area contributed by atoms with Crippen molar-refractivity contribution >= 4 is 11.6 Å². The van der Waals surface area contributed by atoms with Crippen LogP contribution in [0.15, 0.2) is 36.7 Å². The highest BCUT2D eigenvalue weighted by Crippen LogP contribution is 2.22.